The second-order valence-corrected chi connectivity index (χ2v) is 10.0. The van der Waals surface area contributed by atoms with Gasteiger partial charge in [-0.25, -0.2) is 19.2 Å². The third-order valence-corrected chi connectivity index (χ3v) is 6.49. The highest BCUT2D eigenvalue weighted by molar-refractivity contribution is 6.09. The van der Waals surface area contributed by atoms with Crippen molar-refractivity contribution in [1.82, 2.24) is 10.6 Å². The molecule has 0 aromatic heterocycles. The second kappa shape index (κ2) is 17.0. The van der Waals surface area contributed by atoms with Crippen molar-refractivity contribution in [3.8, 4) is 6.07 Å². The molecule has 244 valence electrons. The predicted molar refractivity (Wildman–Crippen MR) is 181 cm³/mol. The first-order valence-corrected chi connectivity index (χ1v) is 14.6. The number of anilines is 5. The van der Waals surface area contributed by atoms with Gasteiger partial charge in [-0.1, -0.05) is 12.1 Å². The first-order valence-electron chi connectivity index (χ1n) is 14.6. The summed E-state index contributed by atoms with van der Waals surface area (Å²) < 4.78 is 5.09. The van der Waals surface area contributed by atoms with E-state index in [-0.39, 0.29) is 25.0 Å². The van der Waals surface area contributed by atoms with Crippen molar-refractivity contribution in [2.75, 3.05) is 46.8 Å². The van der Waals surface area contributed by atoms with E-state index in [0.29, 0.717) is 51.5 Å². The molecule has 4 aromatic carbocycles. The van der Waals surface area contributed by atoms with Gasteiger partial charge in [0.1, 0.15) is 0 Å². The minimum absolute atomic E-state index is 0.0603. The first-order chi connectivity index (χ1) is 23.2. The zero-order valence-corrected chi connectivity index (χ0v) is 25.8. The lowest BCUT2D eigenvalue weighted by atomic mass is 10.0. The number of carbonyl (C=O) groups excluding carboxylic acids is 5. The largest absolute Gasteiger partial charge is 0.449 e. The molecule has 7 amide bonds. The summed E-state index contributed by atoms with van der Waals surface area (Å²) in [5.41, 5.74) is 3.56. The maximum absolute atomic E-state index is 12.8. The van der Waals surface area contributed by atoms with E-state index in [1.165, 1.54) is 13.1 Å². The quantitative estimate of drug-likeness (QED) is 0.0769. The summed E-state index contributed by atoms with van der Waals surface area (Å²) >= 11 is 0. The number of benzene rings is 4. The van der Waals surface area contributed by atoms with Crippen LogP contribution >= 0.6 is 0 Å². The molecule has 4 rings (SSSR count). The Bertz CT molecular complexity index is 1820. The van der Waals surface area contributed by atoms with Crippen LogP contribution < -0.4 is 37.2 Å². The van der Waals surface area contributed by atoms with Gasteiger partial charge in [0.25, 0.3) is 0 Å². The summed E-state index contributed by atoms with van der Waals surface area (Å²) in [6.45, 7) is 0.293. The molecule has 0 aliphatic heterocycles. The van der Waals surface area contributed by atoms with E-state index in [9.17, 15) is 24.0 Å². The van der Waals surface area contributed by atoms with Gasteiger partial charge in [0.15, 0.2) is 5.78 Å². The van der Waals surface area contributed by atoms with Crippen LogP contribution in [0.15, 0.2) is 97.1 Å². The summed E-state index contributed by atoms with van der Waals surface area (Å²) in [4.78, 5) is 61.1. The standard InChI is InChI=1S/C34H32N8O6/c1-36-31(44)38-25-13-9-23(10-14-25)30(43)24-11-15-26(16-12-24)39-33(46)41-29-8-3-7-28(20-29)40-32(45)37-17-4-18-48-34(47)42-27-6-2-5-22(19-27)21-35/h2-3,5-16,19-20H,4,17-18H2,1H3,(H,42,47)(H2,36,38,44)(H2,37,40,45)(H2,39,41,46). The molecular formula is C34H32N8O6. The molecular weight excluding hydrogens is 616 g/mol. The molecule has 0 spiro atoms. The number of amides is 7. The third-order valence-electron chi connectivity index (χ3n) is 6.49. The van der Waals surface area contributed by atoms with Gasteiger partial charge in [-0.2, -0.15) is 5.26 Å². The van der Waals surface area contributed by atoms with E-state index in [0.717, 1.165) is 0 Å². The number of nitriles is 1. The predicted octanol–water partition coefficient (Wildman–Crippen LogP) is 5.94. The molecule has 14 heteroatoms. The van der Waals surface area contributed by atoms with Crippen LogP contribution in [0.1, 0.15) is 27.9 Å². The summed E-state index contributed by atoms with van der Waals surface area (Å²) in [5.74, 6) is -0.220. The molecule has 0 fully saturated rings. The van der Waals surface area contributed by atoms with Gasteiger partial charge in [-0.3, -0.25) is 10.1 Å². The number of rotatable bonds is 11. The lowest BCUT2D eigenvalue weighted by Crippen LogP contribution is -2.30. The van der Waals surface area contributed by atoms with E-state index in [1.54, 1.807) is 91.0 Å². The number of nitrogens with zero attached hydrogens (tertiary/aromatic N) is 1. The summed E-state index contributed by atoms with van der Waals surface area (Å²) in [5, 5.41) is 27.3. The Morgan fingerprint density at radius 1 is 0.625 bits per heavy atom. The molecule has 0 saturated carbocycles. The molecule has 4 aromatic rings. The molecule has 14 nitrogen and oxygen atoms in total. The van der Waals surface area contributed by atoms with Crippen LogP contribution in [0.4, 0.5) is 47.6 Å². The maximum Gasteiger partial charge on any atom is 0.411 e. The highest BCUT2D eigenvalue weighted by Gasteiger charge is 2.11. The first kappa shape index (κ1) is 34.0. The van der Waals surface area contributed by atoms with Crippen LogP contribution in [0.5, 0.6) is 0 Å². The Morgan fingerprint density at radius 3 is 1.73 bits per heavy atom. The van der Waals surface area contributed by atoms with Crippen molar-refractivity contribution in [2.45, 2.75) is 6.42 Å². The van der Waals surface area contributed by atoms with Gasteiger partial charge >= 0.3 is 24.2 Å². The van der Waals surface area contributed by atoms with Crippen molar-refractivity contribution >= 4 is 58.4 Å². The molecule has 0 atom stereocenters. The molecule has 48 heavy (non-hydrogen) atoms. The lowest BCUT2D eigenvalue weighted by Gasteiger charge is -2.11. The fourth-order valence-electron chi connectivity index (χ4n) is 4.17. The Balaban J connectivity index is 1.17. The Morgan fingerprint density at radius 2 is 1.15 bits per heavy atom. The van der Waals surface area contributed by atoms with Crippen molar-refractivity contribution < 1.29 is 28.7 Å². The van der Waals surface area contributed by atoms with Gasteiger partial charge in [-0.15, -0.1) is 0 Å². The molecule has 0 saturated heterocycles. The van der Waals surface area contributed by atoms with Crippen LogP contribution in [0.3, 0.4) is 0 Å². The number of ketones is 1. The van der Waals surface area contributed by atoms with Crippen LogP contribution in [0.2, 0.25) is 0 Å². The fraction of sp³-hybridized carbons (Fsp3) is 0.118. The molecule has 0 bridgehead atoms. The zero-order valence-electron chi connectivity index (χ0n) is 25.8. The monoisotopic (exact) mass is 648 g/mol. The number of carbonyl (C=O) groups is 5. The fourth-order valence-corrected chi connectivity index (χ4v) is 4.17. The Hall–Kier alpha value is -6.88. The van der Waals surface area contributed by atoms with Crippen LogP contribution in [0, 0.1) is 11.3 Å². The molecule has 0 radical (unpaired) electrons. The molecule has 0 aliphatic carbocycles. The lowest BCUT2D eigenvalue weighted by molar-refractivity contribution is 0.103. The van der Waals surface area contributed by atoms with Crippen LogP contribution in [0.25, 0.3) is 0 Å². The average molecular weight is 649 g/mol. The van der Waals surface area contributed by atoms with Crippen molar-refractivity contribution in [1.29, 1.82) is 5.26 Å². The minimum Gasteiger partial charge on any atom is -0.449 e. The third kappa shape index (κ3) is 10.6. The summed E-state index contributed by atoms with van der Waals surface area (Å²) in [6, 6.07) is 26.4. The molecule has 0 heterocycles. The normalized spacial score (nSPS) is 10.0. The van der Waals surface area contributed by atoms with Crippen molar-refractivity contribution in [3.63, 3.8) is 0 Å². The average Bonchev–Trinajstić information content (AvgIpc) is 3.08. The molecule has 0 aliphatic rings. The topological polar surface area (TPSA) is 203 Å². The minimum atomic E-state index is -0.674. The van der Waals surface area contributed by atoms with E-state index >= 15 is 0 Å². The van der Waals surface area contributed by atoms with Crippen LogP contribution in [-0.2, 0) is 4.74 Å². The smallest absolute Gasteiger partial charge is 0.411 e. The van der Waals surface area contributed by atoms with Gasteiger partial charge in [0.2, 0.25) is 0 Å². The van der Waals surface area contributed by atoms with Crippen LogP contribution in [-0.4, -0.2) is 50.2 Å². The number of ether oxygens (including phenoxy) is 1. The number of nitrogens with one attached hydrogen (secondary N) is 7. The van der Waals surface area contributed by atoms with Crippen molar-refractivity contribution in [2.24, 2.45) is 0 Å². The van der Waals surface area contributed by atoms with E-state index in [1.807, 2.05) is 6.07 Å². The van der Waals surface area contributed by atoms with Gasteiger partial charge in [-0.05, 0) is 91.3 Å². The highest BCUT2D eigenvalue weighted by Crippen LogP contribution is 2.18. The maximum atomic E-state index is 12.8. The van der Waals surface area contributed by atoms with E-state index in [4.69, 9.17) is 10.00 Å². The van der Waals surface area contributed by atoms with E-state index in [2.05, 4.69) is 37.2 Å². The zero-order chi connectivity index (χ0) is 34.3. The number of urea groups is 3. The second-order valence-electron chi connectivity index (χ2n) is 10.0. The van der Waals surface area contributed by atoms with Gasteiger partial charge in [0.05, 0.1) is 18.2 Å². The van der Waals surface area contributed by atoms with Gasteiger partial charge in [0, 0.05) is 53.2 Å². The molecule has 7 N–H and O–H groups in total. The van der Waals surface area contributed by atoms with E-state index < -0.39 is 18.2 Å². The number of hydrogen-bond donors (Lipinski definition) is 7. The van der Waals surface area contributed by atoms with Gasteiger partial charge < -0.3 is 36.6 Å². The van der Waals surface area contributed by atoms with Crippen molar-refractivity contribution in [3.05, 3.63) is 114 Å². The Kier molecular flexibility index (Phi) is 12.0. The highest BCUT2D eigenvalue weighted by atomic mass is 16.5. The SMILES string of the molecule is CNC(=O)Nc1ccc(C(=O)c2ccc(NC(=O)Nc3cccc(NC(=O)NCCCOC(=O)Nc4cccc(C#N)c4)c3)cc2)cc1. The Labute approximate surface area is 275 Å². The number of hydrogen-bond acceptors (Lipinski definition) is 7. The summed E-state index contributed by atoms with van der Waals surface area (Å²) in [7, 11) is 1.50. The summed E-state index contributed by atoms with van der Waals surface area (Å²) in [6.07, 6.45) is -0.312. The molecule has 0 unspecified atom stereocenters.